The first kappa shape index (κ1) is 18.8. The van der Waals surface area contributed by atoms with Gasteiger partial charge in [-0.25, -0.2) is 13.2 Å². The van der Waals surface area contributed by atoms with E-state index in [1.165, 1.54) is 0 Å². The highest BCUT2D eigenvalue weighted by Gasteiger charge is 2.47. The molecule has 2 saturated carbocycles. The molecule has 0 amide bonds. The second-order valence-corrected chi connectivity index (χ2v) is 6.64. The van der Waals surface area contributed by atoms with Crippen LogP contribution in [0.1, 0.15) is 46.0 Å². The Morgan fingerprint density at radius 1 is 0.957 bits per heavy atom. The zero-order chi connectivity index (χ0) is 16.8. The van der Waals surface area contributed by atoms with Crippen molar-refractivity contribution in [1.29, 1.82) is 0 Å². The van der Waals surface area contributed by atoms with E-state index in [2.05, 4.69) is 0 Å². The van der Waals surface area contributed by atoms with Crippen LogP contribution in [0, 0.1) is 11.8 Å². The second kappa shape index (κ2) is 9.07. The number of allylic oxidation sites excluding steroid dienone is 1. The molecule has 0 N–H and O–H groups in total. The van der Waals surface area contributed by atoms with Crippen molar-refractivity contribution in [3.05, 3.63) is 12.2 Å². The summed E-state index contributed by atoms with van der Waals surface area (Å²) in [5.41, 5.74) is 0. The number of rotatable bonds is 6. The first-order chi connectivity index (χ1) is 11.1. The third-order valence-corrected chi connectivity index (χ3v) is 5.22. The Morgan fingerprint density at radius 3 is 2.35 bits per heavy atom. The van der Waals surface area contributed by atoms with Crippen molar-refractivity contribution in [3.63, 3.8) is 0 Å². The SMILES string of the molecule is CC=CCOC1CCC(C2CCC(OCC)C(F)C2F)C(F)C1. The van der Waals surface area contributed by atoms with Gasteiger partial charge in [-0.3, -0.25) is 0 Å². The Labute approximate surface area is 137 Å². The van der Waals surface area contributed by atoms with Crippen LogP contribution >= 0.6 is 0 Å². The smallest absolute Gasteiger partial charge is 0.157 e. The average molecular weight is 334 g/mol. The van der Waals surface area contributed by atoms with Gasteiger partial charge in [0.15, 0.2) is 6.17 Å². The quantitative estimate of drug-likeness (QED) is 0.662. The van der Waals surface area contributed by atoms with Crippen LogP contribution in [0.3, 0.4) is 0 Å². The molecule has 2 rings (SSSR count). The highest BCUT2D eigenvalue weighted by atomic mass is 19.2. The fraction of sp³-hybridized carbons (Fsp3) is 0.889. The van der Waals surface area contributed by atoms with E-state index in [1.807, 2.05) is 19.1 Å². The predicted octanol–water partition coefficient (Wildman–Crippen LogP) is 4.58. The molecule has 5 heteroatoms. The Hall–Kier alpha value is -0.550. The van der Waals surface area contributed by atoms with Gasteiger partial charge in [0, 0.05) is 13.0 Å². The summed E-state index contributed by atoms with van der Waals surface area (Å²) in [5, 5.41) is 0. The van der Waals surface area contributed by atoms with Crippen LogP contribution in [-0.2, 0) is 9.47 Å². The lowest BCUT2D eigenvalue weighted by atomic mass is 9.70. The van der Waals surface area contributed by atoms with Crippen LogP contribution in [0.25, 0.3) is 0 Å². The summed E-state index contributed by atoms with van der Waals surface area (Å²) in [7, 11) is 0. The lowest BCUT2D eigenvalue weighted by Gasteiger charge is -2.42. The fourth-order valence-corrected chi connectivity index (χ4v) is 3.98. The Bertz CT molecular complexity index is 377. The summed E-state index contributed by atoms with van der Waals surface area (Å²) in [6, 6.07) is 0. The molecule has 23 heavy (non-hydrogen) atoms. The molecule has 0 radical (unpaired) electrons. The molecule has 2 aliphatic rings. The van der Waals surface area contributed by atoms with Crippen LogP contribution in [-0.4, -0.2) is 43.9 Å². The first-order valence-corrected chi connectivity index (χ1v) is 8.85. The normalized spacial score (nSPS) is 42.2. The first-order valence-electron chi connectivity index (χ1n) is 8.85. The van der Waals surface area contributed by atoms with Crippen molar-refractivity contribution in [2.24, 2.45) is 11.8 Å². The van der Waals surface area contributed by atoms with Crippen molar-refractivity contribution >= 4 is 0 Å². The van der Waals surface area contributed by atoms with Gasteiger partial charge >= 0.3 is 0 Å². The molecule has 0 spiro atoms. The zero-order valence-electron chi connectivity index (χ0n) is 14.1. The Morgan fingerprint density at radius 2 is 1.70 bits per heavy atom. The van der Waals surface area contributed by atoms with Gasteiger partial charge in [-0.05, 0) is 51.4 Å². The number of halogens is 3. The third kappa shape index (κ3) is 4.72. The zero-order valence-corrected chi connectivity index (χ0v) is 14.1. The molecule has 0 saturated heterocycles. The Balaban J connectivity index is 1.88. The van der Waals surface area contributed by atoms with Crippen molar-refractivity contribution in [2.75, 3.05) is 13.2 Å². The topological polar surface area (TPSA) is 18.5 Å². The van der Waals surface area contributed by atoms with Crippen LogP contribution in [0.4, 0.5) is 13.2 Å². The van der Waals surface area contributed by atoms with E-state index in [1.54, 1.807) is 6.92 Å². The van der Waals surface area contributed by atoms with Crippen LogP contribution in [0.5, 0.6) is 0 Å². The molecular weight excluding hydrogens is 305 g/mol. The van der Waals surface area contributed by atoms with Crippen molar-refractivity contribution < 1.29 is 22.6 Å². The molecule has 134 valence electrons. The highest BCUT2D eigenvalue weighted by Crippen LogP contribution is 2.43. The van der Waals surface area contributed by atoms with Gasteiger partial charge in [0.2, 0.25) is 0 Å². The van der Waals surface area contributed by atoms with Crippen molar-refractivity contribution in [1.82, 2.24) is 0 Å². The number of hydrogen-bond donors (Lipinski definition) is 0. The molecule has 2 fully saturated rings. The lowest BCUT2D eigenvalue weighted by molar-refractivity contribution is -0.0990. The molecule has 7 unspecified atom stereocenters. The molecule has 2 nitrogen and oxygen atoms in total. The minimum atomic E-state index is -1.63. The Kier molecular flexibility index (Phi) is 7.41. The molecule has 0 aliphatic heterocycles. The highest BCUT2D eigenvalue weighted by molar-refractivity contribution is 4.96. The van der Waals surface area contributed by atoms with Gasteiger partial charge in [-0.1, -0.05) is 12.2 Å². The fourth-order valence-electron chi connectivity index (χ4n) is 3.98. The average Bonchev–Trinajstić information content (AvgIpc) is 2.53. The summed E-state index contributed by atoms with van der Waals surface area (Å²) < 4.78 is 54.0. The van der Waals surface area contributed by atoms with E-state index in [-0.39, 0.29) is 12.5 Å². The molecule has 0 heterocycles. The summed E-state index contributed by atoms with van der Waals surface area (Å²) >= 11 is 0. The van der Waals surface area contributed by atoms with E-state index in [0.29, 0.717) is 32.5 Å². The summed E-state index contributed by atoms with van der Waals surface area (Å²) in [6.45, 7) is 4.55. The van der Waals surface area contributed by atoms with E-state index in [0.717, 1.165) is 6.42 Å². The minimum absolute atomic E-state index is 0.114. The molecule has 0 aromatic carbocycles. The second-order valence-electron chi connectivity index (χ2n) is 6.64. The number of ether oxygens (including phenoxy) is 2. The van der Waals surface area contributed by atoms with E-state index in [4.69, 9.17) is 9.47 Å². The molecule has 0 aromatic heterocycles. The van der Waals surface area contributed by atoms with Crippen molar-refractivity contribution in [2.45, 2.75) is 76.7 Å². The minimum Gasteiger partial charge on any atom is -0.375 e. The lowest BCUT2D eigenvalue weighted by Crippen LogP contribution is -2.48. The van der Waals surface area contributed by atoms with Gasteiger partial charge in [0.05, 0.1) is 18.8 Å². The van der Waals surface area contributed by atoms with Gasteiger partial charge in [0.1, 0.15) is 12.3 Å². The molecule has 2 aliphatic carbocycles. The van der Waals surface area contributed by atoms with Gasteiger partial charge in [-0.2, -0.15) is 0 Å². The van der Waals surface area contributed by atoms with E-state index >= 15 is 0 Å². The molecule has 7 atom stereocenters. The summed E-state index contributed by atoms with van der Waals surface area (Å²) in [5.74, 6) is -0.930. The van der Waals surface area contributed by atoms with Gasteiger partial charge < -0.3 is 9.47 Å². The largest absolute Gasteiger partial charge is 0.375 e. The molecule has 0 aromatic rings. The van der Waals surface area contributed by atoms with Gasteiger partial charge in [0.25, 0.3) is 0 Å². The molecule has 0 bridgehead atoms. The molecular formula is C18H29F3O2. The predicted molar refractivity (Wildman–Crippen MR) is 84.7 cm³/mol. The number of alkyl halides is 3. The van der Waals surface area contributed by atoms with Crippen molar-refractivity contribution in [3.8, 4) is 0 Å². The van der Waals surface area contributed by atoms with E-state index in [9.17, 15) is 13.2 Å². The van der Waals surface area contributed by atoms with E-state index < -0.39 is 36.5 Å². The summed E-state index contributed by atoms with van der Waals surface area (Å²) in [6.07, 6.45) is 1.18. The maximum absolute atomic E-state index is 14.5. The standard InChI is InChI=1S/C18H29F3O2/c1-3-5-10-23-12-6-7-13(15(19)11-12)14-8-9-16(22-4-2)18(21)17(14)20/h3,5,12-18H,4,6-11H2,1-2H3. The monoisotopic (exact) mass is 334 g/mol. The maximum atomic E-state index is 14.5. The maximum Gasteiger partial charge on any atom is 0.157 e. The number of hydrogen-bond acceptors (Lipinski definition) is 2. The van der Waals surface area contributed by atoms with Crippen LogP contribution in [0.15, 0.2) is 12.2 Å². The van der Waals surface area contributed by atoms with Crippen LogP contribution in [0.2, 0.25) is 0 Å². The third-order valence-electron chi connectivity index (χ3n) is 5.22. The summed E-state index contributed by atoms with van der Waals surface area (Å²) in [4.78, 5) is 0. The van der Waals surface area contributed by atoms with Crippen LogP contribution < -0.4 is 0 Å². The van der Waals surface area contributed by atoms with Gasteiger partial charge in [-0.15, -0.1) is 0 Å².